The zero-order valence-electron chi connectivity index (χ0n) is 18.9. The summed E-state index contributed by atoms with van der Waals surface area (Å²) < 4.78 is 5.38. The monoisotopic (exact) mass is 443 g/mol. The summed E-state index contributed by atoms with van der Waals surface area (Å²) in [6, 6.07) is 7.38. The van der Waals surface area contributed by atoms with E-state index in [1.165, 1.54) is 4.90 Å². The van der Waals surface area contributed by atoms with Crippen molar-refractivity contribution in [2.75, 3.05) is 56.8 Å². The van der Waals surface area contributed by atoms with Crippen molar-refractivity contribution < 1.29 is 19.1 Å². The van der Waals surface area contributed by atoms with Gasteiger partial charge in [0.2, 0.25) is 5.91 Å². The Hall–Kier alpha value is -2.65. The van der Waals surface area contributed by atoms with Crippen LogP contribution in [0.15, 0.2) is 24.3 Å². The second kappa shape index (κ2) is 9.46. The molecule has 2 N–H and O–H groups in total. The maximum absolute atomic E-state index is 13.1. The summed E-state index contributed by atoms with van der Waals surface area (Å²) in [6.45, 7) is 5.36. The van der Waals surface area contributed by atoms with E-state index in [-0.39, 0.29) is 37.0 Å². The highest BCUT2D eigenvalue weighted by Crippen LogP contribution is 2.38. The smallest absolute Gasteiger partial charge is 0.326 e. The number of carbonyl (C=O) groups excluding carboxylic acids is 3. The highest BCUT2D eigenvalue weighted by atomic mass is 16.5. The molecule has 32 heavy (non-hydrogen) atoms. The second-order valence-electron chi connectivity index (χ2n) is 9.13. The van der Waals surface area contributed by atoms with Crippen LogP contribution in [-0.2, 0) is 14.3 Å². The summed E-state index contributed by atoms with van der Waals surface area (Å²) in [5.41, 5.74) is 1.04. The molecule has 1 spiro atoms. The summed E-state index contributed by atoms with van der Waals surface area (Å²) in [6.07, 6.45) is 3.63. The van der Waals surface area contributed by atoms with Crippen LogP contribution in [0.3, 0.4) is 0 Å². The fraction of sp³-hybridized carbons (Fsp3) is 0.609. The molecule has 2 atom stereocenters. The third-order valence-electron chi connectivity index (χ3n) is 6.83. The van der Waals surface area contributed by atoms with Crippen LogP contribution in [0.2, 0.25) is 0 Å². The summed E-state index contributed by atoms with van der Waals surface area (Å²) >= 11 is 0. The van der Waals surface area contributed by atoms with Gasteiger partial charge in [0.05, 0.1) is 26.4 Å². The van der Waals surface area contributed by atoms with Crippen molar-refractivity contribution in [3.63, 3.8) is 0 Å². The molecule has 2 saturated heterocycles. The quantitative estimate of drug-likeness (QED) is 0.652. The summed E-state index contributed by atoms with van der Waals surface area (Å²) in [5, 5.41) is 5.83. The van der Waals surface area contributed by atoms with E-state index in [0.29, 0.717) is 12.1 Å². The number of ether oxygens (including phenoxy) is 1. The molecule has 0 aromatic heterocycles. The van der Waals surface area contributed by atoms with Crippen molar-refractivity contribution in [3.05, 3.63) is 24.3 Å². The van der Waals surface area contributed by atoms with Crippen molar-refractivity contribution in [2.24, 2.45) is 5.92 Å². The van der Waals surface area contributed by atoms with Crippen molar-refractivity contribution in [2.45, 2.75) is 38.1 Å². The molecular formula is C23H33N5O4. The summed E-state index contributed by atoms with van der Waals surface area (Å²) in [5.74, 6) is -0.244. The normalized spacial score (nSPS) is 26.0. The largest absolute Gasteiger partial charge is 0.378 e. The van der Waals surface area contributed by atoms with E-state index in [1.807, 2.05) is 31.2 Å². The minimum Gasteiger partial charge on any atom is -0.378 e. The van der Waals surface area contributed by atoms with E-state index >= 15 is 0 Å². The van der Waals surface area contributed by atoms with E-state index < -0.39 is 5.54 Å². The predicted molar refractivity (Wildman–Crippen MR) is 121 cm³/mol. The maximum Gasteiger partial charge on any atom is 0.326 e. The van der Waals surface area contributed by atoms with Crippen LogP contribution >= 0.6 is 0 Å². The standard InChI is InChI=1S/C23H33N5O4/c1-17-5-3-4-10-23(17)21(30)28(22(31)25-23)16-26(2)15-20(29)24-18-6-8-19(9-7-18)27-11-13-32-14-12-27/h6-9,17H,3-5,10-16H2,1-2H3,(H,24,29)(H,25,31)/t17-,23-/m1/s1. The van der Waals surface area contributed by atoms with E-state index in [0.717, 1.165) is 51.3 Å². The Kier molecular flexibility index (Phi) is 6.66. The number of carbonyl (C=O) groups is 3. The van der Waals surface area contributed by atoms with Crippen molar-refractivity contribution in [3.8, 4) is 0 Å². The molecule has 3 aliphatic rings. The highest BCUT2D eigenvalue weighted by Gasteiger charge is 2.54. The van der Waals surface area contributed by atoms with Gasteiger partial charge in [-0.2, -0.15) is 0 Å². The number of benzene rings is 1. The molecule has 0 radical (unpaired) electrons. The molecule has 3 fully saturated rings. The molecule has 1 saturated carbocycles. The molecule has 4 rings (SSSR count). The Morgan fingerprint density at radius 3 is 2.62 bits per heavy atom. The average molecular weight is 444 g/mol. The Balaban J connectivity index is 1.29. The third kappa shape index (κ3) is 4.59. The molecule has 1 aromatic carbocycles. The van der Waals surface area contributed by atoms with Gasteiger partial charge in [-0.1, -0.05) is 19.8 Å². The third-order valence-corrected chi connectivity index (χ3v) is 6.83. The highest BCUT2D eigenvalue weighted by molar-refractivity contribution is 6.07. The first-order valence-electron chi connectivity index (χ1n) is 11.4. The zero-order valence-corrected chi connectivity index (χ0v) is 18.9. The number of nitrogens with one attached hydrogen (secondary N) is 2. The number of rotatable bonds is 6. The molecule has 4 amide bonds. The maximum atomic E-state index is 13.1. The Labute approximate surface area is 189 Å². The van der Waals surface area contributed by atoms with Gasteiger partial charge >= 0.3 is 6.03 Å². The molecule has 2 heterocycles. The van der Waals surface area contributed by atoms with E-state index in [2.05, 4.69) is 15.5 Å². The fourth-order valence-electron chi connectivity index (χ4n) is 4.94. The van der Waals surface area contributed by atoms with Gasteiger partial charge in [-0.15, -0.1) is 0 Å². The van der Waals surface area contributed by atoms with Gasteiger partial charge in [-0.05, 0) is 50.1 Å². The van der Waals surface area contributed by atoms with Gasteiger partial charge in [0.25, 0.3) is 5.91 Å². The van der Waals surface area contributed by atoms with Gasteiger partial charge < -0.3 is 20.3 Å². The number of urea groups is 1. The molecule has 0 unspecified atom stereocenters. The van der Waals surface area contributed by atoms with Gasteiger partial charge in [0, 0.05) is 24.5 Å². The van der Waals surface area contributed by atoms with Crippen LogP contribution in [0.1, 0.15) is 32.6 Å². The predicted octanol–water partition coefficient (Wildman–Crippen LogP) is 1.85. The lowest BCUT2D eigenvalue weighted by atomic mass is 9.73. The molecule has 9 nitrogen and oxygen atoms in total. The zero-order chi connectivity index (χ0) is 22.7. The number of morpholine rings is 1. The number of anilines is 2. The molecule has 1 aliphatic carbocycles. The number of imide groups is 1. The van der Waals surface area contributed by atoms with Crippen molar-refractivity contribution >= 4 is 29.2 Å². The molecule has 174 valence electrons. The van der Waals surface area contributed by atoms with Crippen LogP contribution in [0.25, 0.3) is 0 Å². The lowest BCUT2D eigenvalue weighted by molar-refractivity contribution is -0.136. The van der Waals surface area contributed by atoms with Gasteiger partial charge in [0.15, 0.2) is 0 Å². The van der Waals surface area contributed by atoms with Crippen LogP contribution in [0.5, 0.6) is 0 Å². The second-order valence-corrected chi connectivity index (χ2v) is 9.13. The van der Waals surface area contributed by atoms with Crippen LogP contribution in [0, 0.1) is 5.92 Å². The van der Waals surface area contributed by atoms with Gasteiger partial charge in [-0.3, -0.25) is 14.5 Å². The topological polar surface area (TPSA) is 94.2 Å². The van der Waals surface area contributed by atoms with Crippen molar-refractivity contribution in [1.29, 1.82) is 0 Å². The first-order chi connectivity index (χ1) is 15.4. The first-order valence-corrected chi connectivity index (χ1v) is 11.4. The van der Waals surface area contributed by atoms with E-state index in [9.17, 15) is 14.4 Å². The van der Waals surface area contributed by atoms with E-state index in [1.54, 1.807) is 11.9 Å². The SMILES string of the molecule is C[C@@H]1CCCC[C@@]12NC(=O)N(CN(C)CC(=O)Nc1ccc(N3CCOCC3)cc1)C2=O. The van der Waals surface area contributed by atoms with Crippen LogP contribution in [-0.4, -0.2) is 79.7 Å². The van der Waals surface area contributed by atoms with Gasteiger partial charge in [-0.25, -0.2) is 9.69 Å². The Morgan fingerprint density at radius 2 is 1.94 bits per heavy atom. The van der Waals surface area contributed by atoms with Crippen molar-refractivity contribution in [1.82, 2.24) is 15.1 Å². The Morgan fingerprint density at radius 1 is 1.22 bits per heavy atom. The molecular weight excluding hydrogens is 410 g/mol. The summed E-state index contributed by atoms with van der Waals surface area (Å²) in [4.78, 5) is 43.3. The number of hydrogen-bond acceptors (Lipinski definition) is 6. The fourth-order valence-corrected chi connectivity index (χ4v) is 4.94. The molecule has 9 heteroatoms. The molecule has 1 aromatic rings. The Bertz CT molecular complexity index is 854. The minimum atomic E-state index is -0.777. The lowest BCUT2D eigenvalue weighted by Gasteiger charge is -2.37. The van der Waals surface area contributed by atoms with E-state index in [4.69, 9.17) is 4.74 Å². The number of hydrogen-bond donors (Lipinski definition) is 2. The van der Waals surface area contributed by atoms with Gasteiger partial charge in [0.1, 0.15) is 5.54 Å². The number of likely N-dealkylation sites (N-methyl/N-ethyl adjacent to an activating group) is 1. The van der Waals surface area contributed by atoms with Crippen LogP contribution < -0.4 is 15.5 Å². The average Bonchev–Trinajstić information content (AvgIpc) is 3.01. The minimum absolute atomic E-state index is 0.0742. The number of amides is 4. The first kappa shape index (κ1) is 22.5. The molecule has 0 bridgehead atoms. The van der Waals surface area contributed by atoms with Crippen LogP contribution in [0.4, 0.5) is 16.2 Å². The lowest BCUT2D eigenvalue weighted by Crippen LogP contribution is -2.54. The number of nitrogens with zero attached hydrogens (tertiary/aromatic N) is 3. The summed E-state index contributed by atoms with van der Waals surface area (Å²) in [7, 11) is 1.73. The molecule has 2 aliphatic heterocycles.